The normalized spacial score (nSPS) is 26.4. The molecule has 2 heterocycles. The third kappa shape index (κ3) is 1.73. The number of carbonyl (C=O) groups excluding carboxylic acids is 3. The van der Waals surface area contributed by atoms with Gasteiger partial charge in [0.15, 0.2) is 0 Å². The first-order valence-electron chi connectivity index (χ1n) is 6.37. The van der Waals surface area contributed by atoms with E-state index in [1.807, 2.05) is 6.92 Å². The van der Waals surface area contributed by atoms with Crippen LogP contribution in [-0.2, 0) is 4.79 Å². The summed E-state index contributed by atoms with van der Waals surface area (Å²) in [4.78, 5) is 37.6. The highest BCUT2D eigenvalue weighted by Gasteiger charge is 2.43. The number of imide groups is 1. The minimum Gasteiger partial charge on any atom is -0.352 e. The summed E-state index contributed by atoms with van der Waals surface area (Å²) in [5, 5.41) is 2.79. The van der Waals surface area contributed by atoms with Gasteiger partial charge < -0.3 is 5.32 Å². The number of nitrogens with zero attached hydrogens (tertiary/aromatic N) is 1. The van der Waals surface area contributed by atoms with Gasteiger partial charge >= 0.3 is 0 Å². The van der Waals surface area contributed by atoms with Crippen molar-refractivity contribution in [2.75, 3.05) is 0 Å². The second-order valence-corrected chi connectivity index (χ2v) is 5.03. The van der Waals surface area contributed by atoms with Crippen molar-refractivity contribution >= 4 is 17.7 Å². The molecule has 0 unspecified atom stereocenters. The van der Waals surface area contributed by atoms with Crippen molar-refractivity contribution in [2.24, 2.45) is 0 Å². The zero-order chi connectivity index (χ0) is 13.6. The molecule has 0 aromatic heterocycles. The molecule has 0 radical (unpaired) electrons. The van der Waals surface area contributed by atoms with Crippen molar-refractivity contribution in [2.45, 2.75) is 31.8 Å². The van der Waals surface area contributed by atoms with Gasteiger partial charge in [0, 0.05) is 6.04 Å². The first kappa shape index (κ1) is 11.9. The molecule has 0 bridgehead atoms. The maximum Gasteiger partial charge on any atom is 0.262 e. The molecule has 2 aliphatic rings. The molecular weight excluding hydrogens is 244 g/mol. The lowest BCUT2D eigenvalue weighted by molar-refractivity contribution is -0.127. The zero-order valence-corrected chi connectivity index (χ0v) is 10.6. The van der Waals surface area contributed by atoms with Gasteiger partial charge in [0.25, 0.3) is 11.8 Å². The van der Waals surface area contributed by atoms with E-state index in [2.05, 4.69) is 5.32 Å². The molecule has 0 saturated carbocycles. The van der Waals surface area contributed by atoms with E-state index >= 15 is 0 Å². The molecule has 2 aliphatic heterocycles. The van der Waals surface area contributed by atoms with E-state index in [0.29, 0.717) is 17.5 Å². The summed E-state index contributed by atoms with van der Waals surface area (Å²) in [7, 11) is 0. The Morgan fingerprint density at radius 3 is 2.16 bits per heavy atom. The van der Waals surface area contributed by atoms with E-state index in [1.165, 1.54) is 0 Å². The number of hydrogen-bond donors (Lipinski definition) is 1. The Bertz CT molecular complexity index is 547. The van der Waals surface area contributed by atoms with Crippen LogP contribution in [0.25, 0.3) is 0 Å². The standard InChI is InChI=1S/C14H14N2O3/c1-8-6-7-11(12(17)15-8)16-13(18)9-4-2-3-5-10(9)14(16)19/h2-5,8,11H,6-7H2,1H3,(H,15,17)/t8-,11+/m0/s1. The Balaban J connectivity index is 1.94. The number of fused-ring (bicyclic) bond motifs is 1. The topological polar surface area (TPSA) is 66.5 Å². The monoisotopic (exact) mass is 258 g/mol. The molecule has 19 heavy (non-hydrogen) atoms. The minimum atomic E-state index is -0.677. The van der Waals surface area contributed by atoms with Crippen LogP contribution >= 0.6 is 0 Å². The Kier molecular flexibility index (Phi) is 2.62. The molecule has 1 aromatic rings. The molecule has 0 aliphatic carbocycles. The number of piperidine rings is 1. The van der Waals surface area contributed by atoms with Gasteiger partial charge in [-0.25, -0.2) is 0 Å². The lowest BCUT2D eigenvalue weighted by atomic mass is 10.00. The van der Waals surface area contributed by atoms with Crippen LogP contribution in [0.2, 0.25) is 0 Å². The molecule has 5 nitrogen and oxygen atoms in total. The second-order valence-electron chi connectivity index (χ2n) is 5.03. The van der Waals surface area contributed by atoms with Crippen LogP contribution in [-0.4, -0.2) is 34.7 Å². The maximum atomic E-state index is 12.3. The van der Waals surface area contributed by atoms with Gasteiger partial charge in [-0.2, -0.15) is 0 Å². The fraction of sp³-hybridized carbons (Fsp3) is 0.357. The summed E-state index contributed by atoms with van der Waals surface area (Å²) in [5.74, 6) is -0.973. The number of rotatable bonds is 1. The summed E-state index contributed by atoms with van der Waals surface area (Å²) in [6, 6.07) is 6.10. The van der Waals surface area contributed by atoms with Gasteiger partial charge in [-0.3, -0.25) is 19.3 Å². The average Bonchev–Trinajstić information content (AvgIpc) is 2.64. The molecule has 1 saturated heterocycles. The Morgan fingerprint density at radius 2 is 1.63 bits per heavy atom. The van der Waals surface area contributed by atoms with E-state index in [1.54, 1.807) is 24.3 Å². The number of hydrogen-bond acceptors (Lipinski definition) is 3. The molecule has 5 heteroatoms. The van der Waals surface area contributed by atoms with Crippen molar-refractivity contribution in [3.05, 3.63) is 35.4 Å². The van der Waals surface area contributed by atoms with Gasteiger partial charge in [0.1, 0.15) is 6.04 Å². The fourth-order valence-corrected chi connectivity index (χ4v) is 2.69. The fourth-order valence-electron chi connectivity index (χ4n) is 2.69. The summed E-state index contributed by atoms with van der Waals surface area (Å²) in [5.41, 5.74) is 0.776. The SMILES string of the molecule is C[C@H]1CC[C@@H](N2C(=O)c3ccccc3C2=O)C(=O)N1. The van der Waals surface area contributed by atoms with Crippen LogP contribution in [0.15, 0.2) is 24.3 Å². The Morgan fingerprint density at radius 1 is 1.05 bits per heavy atom. The maximum absolute atomic E-state index is 12.3. The smallest absolute Gasteiger partial charge is 0.262 e. The van der Waals surface area contributed by atoms with E-state index < -0.39 is 6.04 Å². The van der Waals surface area contributed by atoms with Crippen molar-refractivity contribution in [3.8, 4) is 0 Å². The quantitative estimate of drug-likeness (QED) is 0.763. The van der Waals surface area contributed by atoms with Crippen LogP contribution in [0.3, 0.4) is 0 Å². The highest BCUT2D eigenvalue weighted by molar-refractivity contribution is 6.22. The van der Waals surface area contributed by atoms with Gasteiger partial charge in [-0.15, -0.1) is 0 Å². The zero-order valence-electron chi connectivity index (χ0n) is 10.6. The lowest BCUT2D eigenvalue weighted by Crippen LogP contribution is -2.54. The van der Waals surface area contributed by atoms with E-state index in [0.717, 1.165) is 11.3 Å². The highest BCUT2D eigenvalue weighted by atomic mass is 16.2. The third-order valence-electron chi connectivity index (χ3n) is 3.70. The Labute approximate surface area is 110 Å². The van der Waals surface area contributed by atoms with Crippen LogP contribution in [0.1, 0.15) is 40.5 Å². The molecule has 0 spiro atoms. The molecule has 3 rings (SSSR count). The first-order valence-corrected chi connectivity index (χ1v) is 6.37. The minimum absolute atomic E-state index is 0.0962. The molecule has 1 N–H and O–H groups in total. The summed E-state index contributed by atoms with van der Waals surface area (Å²) >= 11 is 0. The predicted octanol–water partition coefficient (Wildman–Crippen LogP) is 0.950. The number of carbonyl (C=O) groups is 3. The van der Waals surface area contributed by atoms with Gasteiger partial charge in [-0.05, 0) is 31.9 Å². The van der Waals surface area contributed by atoms with Gasteiger partial charge in [0.2, 0.25) is 5.91 Å². The lowest BCUT2D eigenvalue weighted by Gasteiger charge is -2.31. The van der Waals surface area contributed by atoms with E-state index in [4.69, 9.17) is 0 Å². The molecule has 98 valence electrons. The average molecular weight is 258 g/mol. The number of nitrogens with one attached hydrogen (secondary N) is 1. The number of amides is 3. The van der Waals surface area contributed by atoms with Gasteiger partial charge in [-0.1, -0.05) is 12.1 Å². The van der Waals surface area contributed by atoms with E-state index in [9.17, 15) is 14.4 Å². The highest BCUT2D eigenvalue weighted by Crippen LogP contribution is 2.27. The number of benzene rings is 1. The molecule has 1 fully saturated rings. The molecule has 1 aromatic carbocycles. The van der Waals surface area contributed by atoms with Gasteiger partial charge in [0.05, 0.1) is 11.1 Å². The Hall–Kier alpha value is -2.17. The molecular formula is C14H14N2O3. The first-order chi connectivity index (χ1) is 9.09. The largest absolute Gasteiger partial charge is 0.352 e. The van der Waals surface area contributed by atoms with Crippen LogP contribution in [0, 0.1) is 0 Å². The summed E-state index contributed by atoms with van der Waals surface area (Å²) in [6.07, 6.45) is 1.29. The second kappa shape index (κ2) is 4.19. The van der Waals surface area contributed by atoms with E-state index in [-0.39, 0.29) is 23.8 Å². The van der Waals surface area contributed by atoms with Crippen molar-refractivity contribution in [3.63, 3.8) is 0 Å². The predicted molar refractivity (Wildman–Crippen MR) is 67.6 cm³/mol. The molecule has 2 atom stereocenters. The third-order valence-corrected chi connectivity index (χ3v) is 3.70. The summed E-state index contributed by atoms with van der Waals surface area (Å²) < 4.78 is 0. The molecule has 3 amide bonds. The van der Waals surface area contributed by atoms with Crippen molar-refractivity contribution in [1.29, 1.82) is 0 Å². The van der Waals surface area contributed by atoms with Crippen LogP contribution < -0.4 is 5.32 Å². The van der Waals surface area contributed by atoms with Crippen molar-refractivity contribution in [1.82, 2.24) is 10.2 Å². The summed E-state index contributed by atoms with van der Waals surface area (Å²) in [6.45, 7) is 1.91. The van der Waals surface area contributed by atoms with Crippen LogP contribution in [0.4, 0.5) is 0 Å². The van der Waals surface area contributed by atoms with Crippen molar-refractivity contribution < 1.29 is 14.4 Å². The van der Waals surface area contributed by atoms with Crippen LogP contribution in [0.5, 0.6) is 0 Å².